The second-order valence-corrected chi connectivity index (χ2v) is 5.71. The number of hydrogen-bond acceptors (Lipinski definition) is 6. The highest BCUT2D eigenvalue weighted by Crippen LogP contribution is 2.23. The molecule has 6 heteroatoms. The molecule has 1 aliphatic rings. The fraction of sp³-hybridized carbons (Fsp3) is 0.438. The van der Waals surface area contributed by atoms with Crippen LogP contribution in [0.1, 0.15) is 17.3 Å². The number of piperazine rings is 1. The minimum absolute atomic E-state index is 0.356. The van der Waals surface area contributed by atoms with Gasteiger partial charge in [0.1, 0.15) is 0 Å². The van der Waals surface area contributed by atoms with E-state index in [2.05, 4.69) is 37.3 Å². The fourth-order valence-electron chi connectivity index (χ4n) is 2.75. The Kier molecular flexibility index (Phi) is 4.60. The topological polar surface area (TPSA) is 57.2 Å². The van der Waals surface area contributed by atoms with Crippen molar-refractivity contribution in [3.63, 3.8) is 0 Å². The van der Waals surface area contributed by atoms with Crippen LogP contribution in [0.3, 0.4) is 0 Å². The molecule has 0 aromatic carbocycles. The van der Waals surface area contributed by atoms with Crippen LogP contribution in [0.15, 0.2) is 36.8 Å². The molecule has 1 unspecified atom stereocenters. The Morgan fingerprint density at radius 3 is 2.82 bits per heavy atom. The molecular weight excluding hydrogens is 276 g/mol. The third-order valence-corrected chi connectivity index (χ3v) is 3.91. The van der Waals surface area contributed by atoms with Crippen molar-refractivity contribution in [2.24, 2.45) is 0 Å². The van der Waals surface area contributed by atoms with Gasteiger partial charge < -0.3 is 10.2 Å². The molecule has 6 nitrogen and oxygen atoms in total. The highest BCUT2D eigenvalue weighted by Gasteiger charge is 2.24. The normalized spacial score (nSPS) is 19.1. The zero-order valence-electron chi connectivity index (χ0n) is 13.1. The molecule has 116 valence electrons. The van der Waals surface area contributed by atoms with Gasteiger partial charge in [0.2, 0.25) is 5.95 Å². The molecule has 0 bridgehead atoms. The molecule has 0 saturated carbocycles. The monoisotopic (exact) mass is 298 g/mol. The van der Waals surface area contributed by atoms with Crippen LogP contribution in [0.4, 0.5) is 5.95 Å². The van der Waals surface area contributed by atoms with Crippen LogP contribution in [0.25, 0.3) is 0 Å². The van der Waals surface area contributed by atoms with Gasteiger partial charge in [-0.15, -0.1) is 0 Å². The van der Waals surface area contributed by atoms with E-state index < -0.39 is 0 Å². The molecule has 0 spiro atoms. The van der Waals surface area contributed by atoms with E-state index in [9.17, 15) is 0 Å². The van der Waals surface area contributed by atoms with Crippen molar-refractivity contribution in [2.45, 2.75) is 12.6 Å². The third kappa shape index (κ3) is 3.40. The van der Waals surface area contributed by atoms with Gasteiger partial charge in [-0.1, -0.05) is 0 Å². The van der Waals surface area contributed by atoms with Crippen molar-refractivity contribution in [2.75, 3.05) is 38.6 Å². The fourth-order valence-corrected chi connectivity index (χ4v) is 2.75. The lowest BCUT2D eigenvalue weighted by Crippen LogP contribution is -2.45. The average Bonchev–Trinajstić information content (AvgIpc) is 2.56. The van der Waals surface area contributed by atoms with E-state index in [4.69, 9.17) is 0 Å². The van der Waals surface area contributed by atoms with Crippen LogP contribution >= 0.6 is 0 Å². The number of rotatable bonds is 4. The van der Waals surface area contributed by atoms with Gasteiger partial charge in [-0.2, -0.15) is 0 Å². The summed E-state index contributed by atoms with van der Waals surface area (Å²) >= 11 is 0. The number of anilines is 1. The zero-order valence-corrected chi connectivity index (χ0v) is 13.1. The Labute approximate surface area is 131 Å². The van der Waals surface area contributed by atoms with E-state index in [0.29, 0.717) is 6.04 Å². The Bertz CT molecular complexity index is 601. The van der Waals surface area contributed by atoms with Gasteiger partial charge in [-0.25, -0.2) is 9.97 Å². The molecular formula is C16H22N6. The van der Waals surface area contributed by atoms with Crippen molar-refractivity contribution in [3.05, 3.63) is 48.0 Å². The van der Waals surface area contributed by atoms with Gasteiger partial charge in [0.15, 0.2) is 0 Å². The van der Waals surface area contributed by atoms with Crippen LogP contribution in [0.2, 0.25) is 0 Å². The predicted octanol–water partition coefficient (Wildman–Crippen LogP) is 1.08. The quantitative estimate of drug-likeness (QED) is 0.912. The maximum absolute atomic E-state index is 4.63. The highest BCUT2D eigenvalue weighted by molar-refractivity contribution is 5.27. The number of aromatic nitrogens is 3. The summed E-state index contributed by atoms with van der Waals surface area (Å²) < 4.78 is 0. The number of nitrogens with one attached hydrogen (secondary N) is 1. The van der Waals surface area contributed by atoms with E-state index in [0.717, 1.165) is 37.8 Å². The number of pyridine rings is 1. The summed E-state index contributed by atoms with van der Waals surface area (Å²) in [7, 11) is 3.92. The SMILES string of the molecule is CN(C)c1nccc(CN2CCNCC2c2ccncc2)n1. The van der Waals surface area contributed by atoms with Crippen molar-refractivity contribution < 1.29 is 0 Å². The first-order valence-electron chi connectivity index (χ1n) is 7.58. The Hall–Kier alpha value is -2.05. The second kappa shape index (κ2) is 6.81. The number of hydrogen-bond donors (Lipinski definition) is 1. The molecule has 0 radical (unpaired) electrons. The Balaban J connectivity index is 1.78. The third-order valence-electron chi connectivity index (χ3n) is 3.91. The first kappa shape index (κ1) is 14.9. The molecule has 0 amide bonds. The molecule has 3 heterocycles. The molecule has 2 aromatic rings. The smallest absolute Gasteiger partial charge is 0.225 e. The second-order valence-electron chi connectivity index (χ2n) is 5.71. The molecule has 3 rings (SSSR count). The molecule has 1 N–H and O–H groups in total. The van der Waals surface area contributed by atoms with Gasteiger partial charge in [0.25, 0.3) is 0 Å². The summed E-state index contributed by atoms with van der Waals surface area (Å²) in [5, 5.41) is 3.48. The molecule has 1 saturated heterocycles. The first-order chi connectivity index (χ1) is 10.7. The van der Waals surface area contributed by atoms with E-state index in [1.54, 1.807) is 0 Å². The lowest BCUT2D eigenvalue weighted by molar-refractivity contribution is 0.152. The van der Waals surface area contributed by atoms with Gasteiger partial charge in [0.05, 0.1) is 5.69 Å². The molecule has 1 fully saturated rings. The van der Waals surface area contributed by atoms with Gasteiger partial charge in [0, 0.05) is 64.9 Å². The van der Waals surface area contributed by atoms with E-state index in [-0.39, 0.29) is 0 Å². The Morgan fingerprint density at radius 1 is 1.23 bits per heavy atom. The summed E-state index contributed by atoms with van der Waals surface area (Å²) in [6.07, 6.45) is 5.55. The number of nitrogens with zero attached hydrogens (tertiary/aromatic N) is 5. The van der Waals surface area contributed by atoms with Crippen molar-refractivity contribution in [1.29, 1.82) is 0 Å². The van der Waals surface area contributed by atoms with Crippen LogP contribution in [0.5, 0.6) is 0 Å². The van der Waals surface area contributed by atoms with Gasteiger partial charge >= 0.3 is 0 Å². The van der Waals surface area contributed by atoms with Crippen LogP contribution in [-0.2, 0) is 6.54 Å². The van der Waals surface area contributed by atoms with Crippen molar-refractivity contribution >= 4 is 5.95 Å². The largest absolute Gasteiger partial charge is 0.347 e. The van der Waals surface area contributed by atoms with Crippen LogP contribution in [-0.4, -0.2) is 53.6 Å². The first-order valence-corrected chi connectivity index (χ1v) is 7.58. The maximum Gasteiger partial charge on any atom is 0.225 e. The molecule has 1 atom stereocenters. The van der Waals surface area contributed by atoms with E-state index in [1.165, 1.54) is 5.56 Å². The minimum atomic E-state index is 0.356. The lowest BCUT2D eigenvalue weighted by atomic mass is 10.0. The van der Waals surface area contributed by atoms with E-state index in [1.807, 2.05) is 43.7 Å². The highest BCUT2D eigenvalue weighted by atomic mass is 15.2. The lowest BCUT2D eigenvalue weighted by Gasteiger charge is -2.36. The van der Waals surface area contributed by atoms with Gasteiger partial charge in [-0.3, -0.25) is 9.88 Å². The zero-order chi connectivity index (χ0) is 15.4. The summed E-state index contributed by atoms with van der Waals surface area (Å²) in [5.74, 6) is 0.757. The minimum Gasteiger partial charge on any atom is -0.347 e. The van der Waals surface area contributed by atoms with Crippen molar-refractivity contribution in [3.8, 4) is 0 Å². The molecule has 1 aliphatic heterocycles. The standard InChI is InChI=1S/C16H22N6/c1-21(2)16-19-8-5-14(20-16)12-22-10-9-18-11-15(22)13-3-6-17-7-4-13/h3-8,15,18H,9-12H2,1-2H3. The maximum atomic E-state index is 4.63. The molecule has 0 aliphatic carbocycles. The summed E-state index contributed by atoms with van der Waals surface area (Å²) in [5.41, 5.74) is 2.35. The van der Waals surface area contributed by atoms with E-state index >= 15 is 0 Å². The van der Waals surface area contributed by atoms with Crippen molar-refractivity contribution in [1.82, 2.24) is 25.2 Å². The van der Waals surface area contributed by atoms with Crippen LogP contribution < -0.4 is 10.2 Å². The molecule has 2 aromatic heterocycles. The Morgan fingerprint density at radius 2 is 2.05 bits per heavy atom. The van der Waals surface area contributed by atoms with Gasteiger partial charge in [-0.05, 0) is 23.8 Å². The predicted molar refractivity (Wildman–Crippen MR) is 86.6 cm³/mol. The average molecular weight is 298 g/mol. The summed E-state index contributed by atoms with van der Waals surface area (Å²) in [6.45, 7) is 3.80. The van der Waals surface area contributed by atoms with Crippen LogP contribution in [0, 0.1) is 0 Å². The summed E-state index contributed by atoms with van der Waals surface area (Å²) in [4.78, 5) is 17.4. The molecule has 22 heavy (non-hydrogen) atoms. The summed E-state index contributed by atoms with van der Waals surface area (Å²) in [6, 6.07) is 6.54.